The van der Waals surface area contributed by atoms with Gasteiger partial charge in [-0.05, 0) is 35.3 Å². The lowest BCUT2D eigenvalue weighted by Crippen LogP contribution is -2.26. The molecule has 3 aromatic rings. The van der Waals surface area contributed by atoms with E-state index < -0.39 is 0 Å². The number of amides is 1. The molecule has 2 nitrogen and oxygen atoms in total. The minimum absolute atomic E-state index is 0.105. The first-order valence-electron chi connectivity index (χ1n) is 8.58. The summed E-state index contributed by atoms with van der Waals surface area (Å²) in [4.78, 5) is 12.8. The number of benzene rings is 3. The van der Waals surface area contributed by atoms with E-state index in [0.717, 1.165) is 17.5 Å². The van der Waals surface area contributed by atoms with Crippen LogP contribution in [0.2, 0.25) is 5.02 Å². The summed E-state index contributed by atoms with van der Waals surface area (Å²) in [7, 11) is 0. The maximum absolute atomic E-state index is 12.8. The minimum atomic E-state index is -0.105. The molecule has 1 N–H and O–H groups in total. The maximum atomic E-state index is 12.8. The van der Waals surface area contributed by atoms with Crippen LogP contribution in [0.4, 0.5) is 0 Å². The molecule has 0 fully saturated rings. The molecule has 0 aliphatic rings. The third-order valence-electron chi connectivity index (χ3n) is 4.08. The van der Waals surface area contributed by atoms with Gasteiger partial charge in [-0.2, -0.15) is 0 Å². The Kier molecular flexibility index (Phi) is 6.24. The van der Waals surface area contributed by atoms with Gasteiger partial charge in [0.25, 0.3) is 5.91 Å². The van der Waals surface area contributed by atoms with Crippen LogP contribution in [0.25, 0.3) is 11.6 Å². The van der Waals surface area contributed by atoms with Crippen LogP contribution in [0.5, 0.6) is 0 Å². The van der Waals surface area contributed by atoms with Crippen molar-refractivity contribution in [2.45, 2.75) is 6.42 Å². The van der Waals surface area contributed by atoms with Crippen molar-refractivity contribution in [3.8, 4) is 0 Å². The van der Waals surface area contributed by atoms with Gasteiger partial charge in [-0.15, -0.1) is 0 Å². The third-order valence-corrected chi connectivity index (χ3v) is 4.42. The molecule has 0 spiro atoms. The van der Waals surface area contributed by atoms with E-state index in [1.54, 1.807) is 0 Å². The van der Waals surface area contributed by atoms with Gasteiger partial charge in [0, 0.05) is 17.1 Å². The summed E-state index contributed by atoms with van der Waals surface area (Å²) in [6.45, 7) is 0.579. The Morgan fingerprint density at radius 2 is 1.46 bits per heavy atom. The van der Waals surface area contributed by atoms with E-state index in [4.69, 9.17) is 11.6 Å². The van der Waals surface area contributed by atoms with Crippen molar-refractivity contribution < 1.29 is 4.79 Å². The summed E-state index contributed by atoms with van der Waals surface area (Å²) in [5.41, 5.74) is 3.49. The number of rotatable bonds is 6. The molecule has 0 atom stereocenters. The van der Waals surface area contributed by atoms with E-state index in [-0.39, 0.29) is 5.91 Å². The summed E-state index contributed by atoms with van der Waals surface area (Å²) < 4.78 is 0. The summed E-state index contributed by atoms with van der Waals surface area (Å²) in [6.07, 6.45) is 2.64. The SMILES string of the molecule is O=C(NCCc1ccccc1)/C(=C/c1ccccc1Cl)c1ccccc1. The maximum Gasteiger partial charge on any atom is 0.251 e. The molecule has 0 bridgehead atoms. The lowest BCUT2D eigenvalue weighted by Gasteiger charge is -2.10. The number of hydrogen-bond donors (Lipinski definition) is 1. The minimum Gasteiger partial charge on any atom is -0.352 e. The smallest absolute Gasteiger partial charge is 0.251 e. The van der Waals surface area contributed by atoms with Gasteiger partial charge in [-0.3, -0.25) is 4.79 Å². The van der Waals surface area contributed by atoms with E-state index in [9.17, 15) is 4.79 Å². The molecular formula is C23H20ClNO. The highest BCUT2D eigenvalue weighted by Gasteiger charge is 2.12. The standard InChI is InChI=1S/C23H20ClNO/c24-22-14-8-7-13-20(22)17-21(19-11-5-2-6-12-19)23(26)25-16-15-18-9-3-1-4-10-18/h1-14,17H,15-16H2,(H,25,26)/b21-17+. The average molecular weight is 362 g/mol. The van der Waals surface area contributed by atoms with Crippen molar-refractivity contribution in [1.82, 2.24) is 5.32 Å². The molecule has 0 saturated carbocycles. The molecule has 0 aliphatic heterocycles. The van der Waals surface area contributed by atoms with Crippen LogP contribution in [0.15, 0.2) is 84.9 Å². The monoisotopic (exact) mass is 361 g/mol. The van der Waals surface area contributed by atoms with Crippen molar-refractivity contribution in [2.24, 2.45) is 0 Å². The molecular weight excluding hydrogens is 342 g/mol. The fourth-order valence-corrected chi connectivity index (χ4v) is 2.90. The van der Waals surface area contributed by atoms with Crippen LogP contribution in [0.1, 0.15) is 16.7 Å². The molecule has 0 unspecified atom stereocenters. The quantitative estimate of drug-likeness (QED) is 0.472. The molecule has 0 aliphatic carbocycles. The predicted molar refractivity (Wildman–Crippen MR) is 109 cm³/mol. The molecule has 0 aromatic heterocycles. The Morgan fingerprint density at radius 1 is 0.846 bits per heavy atom. The molecule has 1 amide bonds. The van der Waals surface area contributed by atoms with Gasteiger partial charge in [0.1, 0.15) is 0 Å². The average Bonchev–Trinajstić information content (AvgIpc) is 2.69. The van der Waals surface area contributed by atoms with Gasteiger partial charge in [0.05, 0.1) is 0 Å². The number of nitrogens with one attached hydrogen (secondary N) is 1. The number of halogens is 1. The zero-order valence-corrected chi connectivity index (χ0v) is 15.1. The largest absolute Gasteiger partial charge is 0.352 e. The van der Waals surface area contributed by atoms with E-state index in [0.29, 0.717) is 17.1 Å². The van der Waals surface area contributed by atoms with Crippen molar-refractivity contribution in [2.75, 3.05) is 6.54 Å². The predicted octanol–water partition coefficient (Wildman–Crippen LogP) is 5.24. The Morgan fingerprint density at radius 3 is 2.15 bits per heavy atom. The van der Waals surface area contributed by atoms with Crippen molar-refractivity contribution in [1.29, 1.82) is 0 Å². The van der Waals surface area contributed by atoms with Crippen LogP contribution in [-0.2, 0) is 11.2 Å². The highest BCUT2D eigenvalue weighted by molar-refractivity contribution is 6.33. The molecule has 3 rings (SSSR count). The first kappa shape index (κ1) is 18.0. The lowest BCUT2D eigenvalue weighted by molar-refractivity contribution is -0.115. The summed E-state index contributed by atoms with van der Waals surface area (Å²) in [5.74, 6) is -0.105. The van der Waals surface area contributed by atoms with E-state index in [1.165, 1.54) is 5.56 Å². The normalized spacial score (nSPS) is 11.2. The highest BCUT2D eigenvalue weighted by atomic mass is 35.5. The zero-order chi connectivity index (χ0) is 18.2. The van der Waals surface area contributed by atoms with Crippen LogP contribution >= 0.6 is 11.6 Å². The Bertz CT molecular complexity index is 888. The zero-order valence-electron chi connectivity index (χ0n) is 14.4. The highest BCUT2D eigenvalue weighted by Crippen LogP contribution is 2.23. The fourth-order valence-electron chi connectivity index (χ4n) is 2.71. The third kappa shape index (κ3) is 4.84. The van der Waals surface area contributed by atoms with E-state index in [2.05, 4.69) is 17.4 Å². The van der Waals surface area contributed by atoms with Crippen LogP contribution < -0.4 is 5.32 Å². The van der Waals surface area contributed by atoms with Gasteiger partial charge < -0.3 is 5.32 Å². The van der Waals surface area contributed by atoms with Crippen LogP contribution in [0, 0.1) is 0 Å². The van der Waals surface area contributed by atoms with Gasteiger partial charge in [-0.1, -0.05) is 90.5 Å². The number of carbonyl (C=O) groups is 1. The van der Waals surface area contributed by atoms with Crippen molar-refractivity contribution in [3.63, 3.8) is 0 Å². The summed E-state index contributed by atoms with van der Waals surface area (Å²) in [6, 6.07) is 27.3. The van der Waals surface area contributed by atoms with Crippen molar-refractivity contribution in [3.05, 3.63) is 107 Å². The lowest BCUT2D eigenvalue weighted by atomic mass is 10.0. The second kappa shape index (κ2) is 9.02. The first-order valence-corrected chi connectivity index (χ1v) is 8.95. The Labute approximate surface area is 159 Å². The number of carbonyl (C=O) groups excluding carboxylic acids is 1. The van der Waals surface area contributed by atoms with Gasteiger partial charge in [0.2, 0.25) is 0 Å². The van der Waals surface area contributed by atoms with Crippen molar-refractivity contribution >= 4 is 29.2 Å². The Hall–Kier alpha value is -2.84. The second-order valence-electron chi connectivity index (χ2n) is 5.94. The molecule has 3 aromatic carbocycles. The summed E-state index contributed by atoms with van der Waals surface area (Å²) >= 11 is 6.27. The van der Waals surface area contributed by atoms with Gasteiger partial charge >= 0.3 is 0 Å². The van der Waals surface area contributed by atoms with Crippen LogP contribution in [0.3, 0.4) is 0 Å². The van der Waals surface area contributed by atoms with Crippen LogP contribution in [-0.4, -0.2) is 12.5 Å². The van der Waals surface area contributed by atoms with E-state index in [1.807, 2.05) is 78.9 Å². The molecule has 130 valence electrons. The summed E-state index contributed by atoms with van der Waals surface area (Å²) in [5, 5.41) is 3.64. The Balaban J connectivity index is 1.79. The first-order chi connectivity index (χ1) is 12.7. The molecule has 26 heavy (non-hydrogen) atoms. The second-order valence-corrected chi connectivity index (χ2v) is 6.34. The fraction of sp³-hybridized carbons (Fsp3) is 0.0870. The van der Waals surface area contributed by atoms with Gasteiger partial charge in [0.15, 0.2) is 0 Å². The molecule has 3 heteroatoms. The molecule has 0 heterocycles. The topological polar surface area (TPSA) is 29.1 Å². The number of hydrogen-bond acceptors (Lipinski definition) is 1. The molecule has 0 saturated heterocycles. The van der Waals surface area contributed by atoms with E-state index >= 15 is 0 Å². The molecule has 0 radical (unpaired) electrons. The van der Waals surface area contributed by atoms with Gasteiger partial charge in [-0.25, -0.2) is 0 Å².